The Morgan fingerprint density at radius 2 is 1.78 bits per heavy atom. The van der Waals surface area contributed by atoms with E-state index >= 15 is 0 Å². The van der Waals surface area contributed by atoms with Crippen molar-refractivity contribution in [2.75, 3.05) is 6.54 Å². The lowest BCUT2D eigenvalue weighted by Crippen LogP contribution is -2.54. The summed E-state index contributed by atoms with van der Waals surface area (Å²) in [6.07, 6.45) is 7.09. The average molecular weight is 252 g/mol. The van der Waals surface area contributed by atoms with Crippen LogP contribution in [-0.2, 0) is 4.74 Å². The van der Waals surface area contributed by atoms with E-state index in [0.29, 0.717) is 6.54 Å². The summed E-state index contributed by atoms with van der Waals surface area (Å²) < 4.78 is 5.82. The molecule has 4 bridgehead atoms. The van der Waals surface area contributed by atoms with Gasteiger partial charge in [0.25, 0.3) is 0 Å². The minimum Gasteiger partial charge on any atom is -0.443 e. The maximum absolute atomic E-state index is 11.9. The molecular formula is C14H24N2O2. The predicted molar refractivity (Wildman–Crippen MR) is 69.0 cm³/mol. The largest absolute Gasteiger partial charge is 0.443 e. The summed E-state index contributed by atoms with van der Waals surface area (Å²) in [4.78, 5) is 11.9. The van der Waals surface area contributed by atoms with Crippen LogP contribution >= 0.6 is 0 Å². The highest BCUT2D eigenvalue weighted by Crippen LogP contribution is 2.57. The van der Waals surface area contributed by atoms with Gasteiger partial charge in [-0.25, -0.2) is 4.79 Å². The van der Waals surface area contributed by atoms with Crippen LogP contribution in [-0.4, -0.2) is 24.3 Å². The molecule has 4 rings (SSSR count). The monoisotopic (exact) mass is 252 g/mol. The van der Waals surface area contributed by atoms with Crippen molar-refractivity contribution in [1.29, 1.82) is 0 Å². The lowest BCUT2D eigenvalue weighted by Gasteiger charge is -2.55. The van der Waals surface area contributed by atoms with Gasteiger partial charge in [-0.05, 0) is 63.2 Å². The maximum Gasteiger partial charge on any atom is 0.407 e. The Balaban J connectivity index is 1.63. The van der Waals surface area contributed by atoms with Crippen molar-refractivity contribution >= 4 is 6.09 Å². The molecule has 1 atom stereocenters. The third-order valence-electron chi connectivity index (χ3n) is 5.01. The number of nitrogens with one attached hydrogen (secondary N) is 1. The molecule has 1 unspecified atom stereocenters. The first-order chi connectivity index (χ1) is 8.58. The van der Waals surface area contributed by atoms with E-state index in [1.807, 2.05) is 6.92 Å². The van der Waals surface area contributed by atoms with Gasteiger partial charge >= 0.3 is 6.09 Å². The van der Waals surface area contributed by atoms with Crippen LogP contribution in [0.15, 0.2) is 0 Å². The van der Waals surface area contributed by atoms with Crippen molar-refractivity contribution in [3.63, 3.8) is 0 Å². The lowest BCUT2D eigenvalue weighted by atomic mass is 9.54. The molecule has 4 fully saturated rings. The van der Waals surface area contributed by atoms with Gasteiger partial charge in [-0.1, -0.05) is 0 Å². The summed E-state index contributed by atoms with van der Waals surface area (Å²) in [5.74, 6) is 2.41. The van der Waals surface area contributed by atoms with Gasteiger partial charge in [0.1, 0.15) is 5.60 Å². The maximum atomic E-state index is 11.9. The Hall–Kier alpha value is -0.770. The number of carbonyl (C=O) groups excluding carboxylic acids is 1. The van der Waals surface area contributed by atoms with Crippen LogP contribution < -0.4 is 11.1 Å². The molecule has 1 amide bonds. The third kappa shape index (κ3) is 2.22. The second kappa shape index (κ2) is 4.41. The topological polar surface area (TPSA) is 64.3 Å². The summed E-state index contributed by atoms with van der Waals surface area (Å²) in [5, 5.41) is 2.82. The van der Waals surface area contributed by atoms with Gasteiger partial charge in [0, 0.05) is 12.6 Å². The van der Waals surface area contributed by atoms with Gasteiger partial charge in [-0.3, -0.25) is 0 Å². The molecule has 102 valence electrons. The minimum atomic E-state index is -0.269. The highest BCUT2D eigenvalue weighted by atomic mass is 16.6. The number of amides is 1. The van der Waals surface area contributed by atoms with E-state index in [9.17, 15) is 4.79 Å². The summed E-state index contributed by atoms with van der Waals surface area (Å²) in [6, 6.07) is -0.00795. The number of hydrogen-bond acceptors (Lipinski definition) is 3. The molecule has 4 saturated carbocycles. The summed E-state index contributed by atoms with van der Waals surface area (Å²) >= 11 is 0. The Morgan fingerprint density at radius 1 is 1.28 bits per heavy atom. The van der Waals surface area contributed by atoms with E-state index in [4.69, 9.17) is 10.5 Å². The van der Waals surface area contributed by atoms with Crippen LogP contribution in [0.1, 0.15) is 45.4 Å². The highest BCUT2D eigenvalue weighted by molar-refractivity contribution is 5.68. The Labute approximate surface area is 109 Å². The average Bonchev–Trinajstić information content (AvgIpc) is 2.25. The predicted octanol–water partition coefficient (Wildman–Crippen LogP) is 2.03. The minimum absolute atomic E-state index is 0.00795. The third-order valence-corrected chi connectivity index (χ3v) is 5.01. The van der Waals surface area contributed by atoms with Crippen molar-refractivity contribution < 1.29 is 9.53 Å². The molecule has 0 aromatic rings. The molecule has 0 saturated heterocycles. The number of nitrogens with two attached hydrogens (primary N) is 1. The van der Waals surface area contributed by atoms with E-state index in [-0.39, 0.29) is 17.7 Å². The van der Waals surface area contributed by atoms with Crippen molar-refractivity contribution in [3.05, 3.63) is 0 Å². The fourth-order valence-electron chi connectivity index (χ4n) is 4.64. The van der Waals surface area contributed by atoms with Crippen LogP contribution in [0.25, 0.3) is 0 Å². The molecule has 18 heavy (non-hydrogen) atoms. The first-order valence-electron chi connectivity index (χ1n) is 7.28. The first-order valence-corrected chi connectivity index (χ1v) is 7.28. The van der Waals surface area contributed by atoms with Gasteiger partial charge < -0.3 is 15.8 Å². The normalized spacial score (nSPS) is 42.7. The molecule has 4 aliphatic rings. The summed E-state index contributed by atoms with van der Waals surface area (Å²) in [5.41, 5.74) is 5.37. The number of rotatable bonds is 3. The van der Waals surface area contributed by atoms with Crippen LogP contribution in [0.2, 0.25) is 0 Å². The van der Waals surface area contributed by atoms with Gasteiger partial charge in [0.2, 0.25) is 0 Å². The highest BCUT2D eigenvalue weighted by Gasteiger charge is 2.53. The van der Waals surface area contributed by atoms with Gasteiger partial charge in [-0.2, -0.15) is 0 Å². The molecule has 0 heterocycles. The van der Waals surface area contributed by atoms with Crippen molar-refractivity contribution in [1.82, 2.24) is 5.32 Å². The molecule has 3 N–H and O–H groups in total. The van der Waals surface area contributed by atoms with E-state index in [2.05, 4.69) is 5.32 Å². The van der Waals surface area contributed by atoms with Gasteiger partial charge in [0.15, 0.2) is 0 Å². The van der Waals surface area contributed by atoms with E-state index in [1.165, 1.54) is 19.3 Å². The number of ether oxygens (including phenoxy) is 1. The SMILES string of the molecule is CC(CN)NC(=O)OC12CC3CC(CC(C3)C1)C2. The van der Waals surface area contributed by atoms with E-state index in [1.54, 1.807) is 0 Å². The van der Waals surface area contributed by atoms with Crippen molar-refractivity contribution in [3.8, 4) is 0 Å². The van der Waals surface area contributed by atoms with E-state index in [0.717, 1.165) is 37.0 Å². The number of alkyl carbamates (subject to hydrolysis) is 1. The standard InChI is InChI=1S/C14H24N2O2/c1-9(8-15)16-13(17)18-14-5-10-2-11(6-14)4-12(3-10)7-14/h9-12H,2-8,15H2,1H3,(H,16,17). The number of carbonyl (C=O) groups is 1. The fraction of sp³-hybridized carbons (Fsp3) is 0.929. The Kier molecular flexibility index (Phi) is 3.00. The molecule has 0 spiro atoms. The Bertz CT molecular complexity index is 307. The summed E-state index contributed by atoms with van der Waals surface area (Å²) in [6.45, 7) is 2.36. The molecule has 4 aliphatic carbocycles. The van der Waals surface area contributed by atoms with Gasteiger partial charge in [-0.15, -0.1) is 0 Å². The smallest absolute Gasteiger partial charge is 0.407 e. The Morgan fingerprint density at radius 3 is 2.22 bits per heavy atom. The van der Waals surface area contributed by atoms with Crippen LogP contribution in [0.4, 0.5) is 4.79 Å². The summed E-state index contributed by atoms with van der Waals surface area (Å²) in [7, 11) is 0. The zero-order chi connectivity index (χ0) is 12.8. The molecule has 4 nitrogen and oxygen atoms in total. The molecule has 0 aliphatic heterocycles. The molecule has 0 aromatic heterocycles. The van der Waals surface area contributed by atoms with Crippen molar-refractivity contribution in [2.45, 2.75) is 57.1 Å². The zero-order valence-electron chi connectivity index (χ0n) is 11.2. The van der Waals surface area contributed by atoms with Crippen molar-refractivity contribution in [2.24, 2.45) is 23.5 Å². The van der Waals surface area contributed by atoms with Gasteiger partial charge in [0.05, 0.1) is 0 Å². The van der Waals surface area contributed by atoms with Crippen LogP contribution in [0.5, 0.6) is 0 Å². The second-order valence-corrected chi connectivity index (χ2v) is 6.77. The molecule has 0 radical (unpaired) electrons. The second-order valence-electron chi connectivity index (χ2n) is 6.77. The van der Waals surface area contributed by atoms with Crippen LogP contribution in [0.3, 0.4) is 0 Å². The fourth-order valence-corrected chi connectivity index (χ4v) is 4.64. The zero-order valence-corrected chi connectivity index (χ0v) is 11.2. The quantitative estimate of drug-likeness (QED) is 0.807. The first kappa shape index (κ1) is 12.3. The molecule has 0 aromatic carbocycles. The lowest BCUT2D eigenvalue weighted by molar-refractivity contribution is -0.127. The molecule has 4 heteroatoms. The number of hydrogen-bond donors (Lipinski definition) is 2. The molecular weight excluding hydrogens is 228 g/mol. The van der Waals surface area contributed by atoms with E-state index < -0.39 is 0 Å². The van der Waals surface area contributed by atoms with Crippen LogP contribution in [0, 0.1) is 17.8 Å².